The van der Waals surface area contributed by atoms with Gasteiger partial charge in [0.05, 0.1) is 19.0 Å². The molecule has 1 aromatic carbocycles. The average Bonchev–Trinajstić information content (AvgIpc) is 2.93. The van der Waals surface area contributed by atoms with Gasteiger partial charge in [0.1, 0.15) is 16.9 Å². The Hall–Kier alpha value is -4.00. The molecule has 3 aromatic rings. The van der Waals surface area contributed by atoms with Crippen LogP contribution in [0.15, 0.2) is 54.7 Å². The van der Waals surface area contributed by atoms with E-state index in [1.165, 1.54) is 20.2 Å². The third-order valence-electron chi connectivity index (χ3n) is 7.54. The van der Waals surface area contributed by atoms with Gasteiger partial charge in [0, 0.05) is 30.1 Å². The minimum Gasteiger partial charge on any atom is -0.481 e. The molecule has 0 spiro atoms. The molecule has 1 fully saturated rings. The Morgan fingerprint density at radius 3 is 2.31 bits per heavy atom. The molecule has 2 N–H and O–H groups in total. The maximum Gasteiger partial charge on any atom is 0.410 e. The Morgan fingerprint density at radius 1 is 1.05 bits per heavy atom. The highest BCUT2D eigenvalue weighted by molar-refractivity contribution is 5.70. The van der Waals surface area contributed by atoms with Crippen molar-refractivity contribution in [2.75, 3.05) is 20.2 Å². The monoisotopic (exact) mass is 572 g/mol. The summed E-state index contributed by atoms with van der Waals surface area (Å²) in [5.41, 5.74) is -1.66. The van der Waals surface area contributed by atoms with Gasteiger partial charge in [-0.3, -0.25) is 0 Å². The number of methoxy groups -OCH3 is 1. The second-order valence-corrected chi connectivity index (χ2v) is 12.6. The summed E-state index contributed by atoms with van der Waals surface area (Å²) in [5.74, 6) is 6.41. The summed E-state index contributed by atoms with van der Waals surface area (Å²) in [7, 11) is 1.50. The number of pyridine rings is 1. The molecule has 9 nitrogen and oxygen atoms in total. The molecule has 0 aliphatic carbocycles. The fourth-order valence-corrected chi connectivity index (χ4v) is 5.13. The number of aliphatic hydroxyl groups is 2. The molecule has 42 heavy (non-hydrogen) atoms. The topological polar surface area (TPSA) is 118 Å². The Bertz CT molecular complexity index is 1500. The Morgan fingerprint density at radius 2 is 1.71 bits per heavy atom. The lowest BCUT2D eigenvalue weighted by Gasteiger charge is -2.56. The number of carbonyl (C=O) groups is 1. The van der Waals surface area contributed by atoms with Crippen molar-refractivity contribution in [1.82, 2.24) is 20.1 Å². The van der Waals surface area contributed by atoms with Crippen LogP contribution in [0.3, 0.4) is 0 Å². The predicted molar refractivity (Wildman–Crippen MR) is 159 cm³/mol. The molecule has 1 saturated heterocycles. The molecule has 222 valence electrons. The van der Waals surface area contributed by atoms with Crippen LogP contribution >= 0.6 is 0 Å². The number of carbonyl (C=O) groups excluding carboxylic acids is 1. The van der Waals surface area contributed by atoms with Crippen LogP contribution in [0.25, 0.3) is 0 Å². The first kappa shape index (κ1) is 30.9. The molecule has 0 radical (unpaired) electrons. The smallest absolute Gasteiger partial charge is 0.410 e. The first-order valence-electron chi connectivity index (χ1n) is 14.0. The van der Waals surface area contributed by atoms with Crippen LogP contribution in [0.4, 0.5) is 4.79 Å². The fourth-order valence-electron chi connectivity index (χ4n) is 5.13. The van der Waals surface area contributed by atoms with Crippen LogP contribution in [0.2, 0.25) is 0 Å². The lowest BCUT2D eigenvalue weighted by atomic mass is 9.62. The third kappa shape index (κ3) is 6.25. The molecule has 9 heteroatoms. The summed E-state index contributed by atoms with van der Waals surface area (Å²) in [6, 6.07) is 14.6. The van der Waals surface area contributed by atoms with Crippen LogP contribution < -0.4 is 4.74 Å². The van der Waals surface area contributed by atoms with Gasteiger partial charge < -0.3 is 24.6 Å². The Kier molecular flexibility index (Phi) is 8.36. The van der Waals surface area contributed by atoms with Crippen LogP contribution in [-0.2, 0) is 15.9 Å². The van der Waals surface area contributed by atoms with Gasteiger partial charge in [-0.2, -0.15) is 5.10 Å². The quantitative estimate of drug-likeness (QED) is 0.406. The zero-order valence-corrected chi connectivity index (χ0v) is 25.6. The normalized spacial score (nSPS) is 17.3. The molecule has 1 unspecified atom stereocenters. The van der Waals surface area contributed by atoms with E-state index in [-0.39, 0.29) is 18.8 Å². The van der Waals surface area contributed by atoms with Gasteiger partial charge in [-0.15, -0.1) is 5.10 Å². The molecule has 1 amide bonds. The summed E-state index contributed by atoms with van der Waals surface area (Å²) < 4.78 is 10.7. The van der Waals surface area contributed by atoms with Crippen LogP contribution in [0.5, 0.6) is 5.88 Å². The number of benzene rings is 1. The average molecular weight is 573 g/mol. The zero-order valence-electron chi connectivity index (χ0n) is 25.6. The maximum atomic E-state index is 12.8. The first-order valence-corrected chi connectivity index (χ1v) is 14.0. The molecule has 4 rings (SSSR count). The molecule has 0 bridgehead atoms. The minimum absolute atomic E-state index is 0.264. The van der Waals surface area contributed by atoms with Crippen molar-refractivity contribution in [3.05, 3.63) is 82.8 Å². The molecule has 0 saturated carbocycles. The molecule has 2 aromatic heterocycles. The number of likely N-dealkylation sites (tertiary alicyclic amines) is 1. The van der Waals surface area contributed by atoms with E-state index in [1.54, 1.807) is 29.2 Å². The summed E-state index contributed by atoms with van der Waals surface area (Å²) >= 11 is 0. The molecular formula is C33H40N4O5. The Labute approximate surface area is 247 Å². The number of rotatable bonds is 6. The highest BCUT2D eigenvalue weighted by Crippen LogP contribution is 2.50. The number of hydrogen-bond donors (Lipinski definition) is 2. The van der Waals surface area contributed by atoms with E-state index in [1.807, 2.05) is 52.0 Å². The van der Waals surface area contributed by atoms with Crippen molar-refractivity contribution >= 4 is 6.09 Å². The fraction of sp³-hybridized carbons (Fsp3) is 0.455. The van der Waals surface area contributed by atoms with Crippen LogP contribution in [-0.4, -0.2) is 62.2 Å². The van der Waals surface area contributed by atoms with E-state index in [4.69, 9.17) is 9.47 Å². The van der Waals surface area contributed by atoms with Gasteiger partial charge in [0.25, 0.3) is 0 Å². The lowest BCUT2D eigenvalue weighted by Crippen LogP contribution is -2.66. The van der Waals surface area contributed by atoms with E-state index in [9.17, 15) is 15.0 Å². The highest BCUT2D eigenvalue weighted by Gasteiger charge is 2.58. The maximum absolute atomic E-state index is 12.8. The summed E-state index contributed by atoms with van der Waals surface area (Å²) in [5, 5.41) is 32.0. The molecule has 2 atom stereocenters. The highest BCUT2D eigenvalue weighted by atomic mass is 16.6. The van der Waals surface area contributed by atoms with Gasteiger partial charge in [0.15, 0.2) is 5.60 Å². The lowest BCUT2D eigenvalue weighted by molar-refractivity contribution is -0.131. The van der Waals surface area contributed by atoms with E-state index < -0.39 is 28.3 Å². The van der Waals surface area contributed by atoms with Crippen LogP contribution in [0, 0.1) is 17.3 Å². The van der Waals surface area contributed by atoms with E-state index in [0.717, 1.165) is 5.56 Å². The van der Waals surface area contributed by atoms with Crippen molar-refractivity contribution in [2.45, 2.75) is 71.2 Å². The second kappa shape index (κ2) is 11.3. The molecular weight excluding hydrogens is 532 g/mol. The number of amides is 1. The van der Waals surface area contributed by atoms with Gasteiger partial charge in [-0.25, -0.2) is 9.78 Å². The molecule has 3 heterocycles. The van der Waals surface area contributed by atoms with Crippen molar-refractivity contribution in [3.63, 3.8) is 0 Å². The van der Waals surface area contributed by atoms with Crippen LogP contribution in [0.1, 0.15) is 82.5 Å². The number of ether oxygens (including phenoxy) is 2. The number of aromatic nitrogens is 3. The molecule has 1 aliphatic rings. The SMILES string of the molecule is COc1cccc([C@](C)(O)C#Cc2cc(C(O)(c3ccc(C(C)C)cc3)C3(C)CN(C(=O)OC(C)(C)C)C3)cnn2)n1. The van der Waals surface area contributed by atoms with Crippen molar-refractivity contribution in [1.29, 1.82) is 0 Å². The number of hydrogen-bond acceptors (Lipinski definition) is 8. The van der Waals surface area contributed by atoms with Crippen molar-refractivity contribution in [2.24, 2.45) is 5.41 Å². The first-order chi connectivity index (χ1) is 19.6. The van der Waals surface area contributed by atoms with Crippen molar-refractivity contribution < 1.29 is 24.5 Å². The third-order valence-corrected chi connectivity index (χ3v) is 7.54. The minimum atomic E-state index is -1.59. The molecule has 1 aliphatic heterocycles. The van der Waals surface area contributed by atoms with E-state index >= 15 is 0 Å². The van der Waals surface area contributed by atoms with Gasteiger partial charge in [-0.1, -0.05) is 57.0 Å². The van der Waals surface area contributed by atoms with Gasteiger partial charge >= 0.3 is 6.09 Å². The predicted octanol–water partition coefficient (Wildman–Crippen LogP) is 4.76. The zero-order chi connectivity index (χ0) is 30.9. The standard InChI is InChI=1S/C33H40N4O5/c1-22(2)23-12-14-24(15-13-23)33(40,31(6)20-37(21-31)29(38)42-30(3,4)5)25-18-26(36-34-19-25)16-17-32(7,39)27-10-9-11-28(35-27)41-8/h9-15,18-19,22,39-40H,20-21H2,1-8H3/t32-,33?/m1/s1. The Balaban J connectivity index is 1.72. The van der Waals surface area contributed by atoms with Gasteiger partial charge in [-0.05, 0) is 62.8 Å². The largest absolute Gasteiger partial charge is 0.481 e. The summed E-state index contributed by atoms with van der Waals surface area (Å²) in [6.45, 7) is 13.7. The van der Waals surface area contributed by atoms with E-state index in [0.29, 0.717) is 28.6 Å². The number of nitrogens with zero attached hydrogens (tertiary/aromatic N) is 4. The van der Waals surface area contributed by atoms with E-state index in [2.05, 4.69) is 40.9 Å². The summed E-state index contributed by atoms with van der Waals surface area (Å²) in [4.78, 5) is 18.7. The second-order valence-electron chi connectivity index (χ2n) is 12.6. The van der Waals surface area contributed by atoms with Crippen molar-refractivity contribution in [3.8, 4) is 17.7 Å². The van der Waals surface area contributed by atoms with Gasteiger partial charge in [0.2, 0.25) is 5.88 Å². The summed E-state index contributed by atoms with van der Waals surface area (Å²) in [6.07, 6.45) is 1.09.